The number of aromatic nitrogens is 3. The molecule has 0 fully saturated rings. The average Bonchev–Trinajstić information content (AvgIpc) is 2.54. The van der Waals surface area contributed by atoms with Gasteiger partial charge in [0.1, 0.15) is 17.1 Å². The molecule has 8 heteroatoms. The maximum absolute atomic E-state index is 11.3. The third-order valence-electron chi connectivity index (χ3n) is 2.38. The number of carbonyl (C=O) groups excluding carboxylic acids is 1. The van der Waals surface area contributed by atoms with Crippen molar-refractivity contribution >= 4 is 34.9 Å². The molecule has 2 aromatic rings. The Balaban J connectivity index is 2.73. The van der Waals surface area contributed by atoms with Crippen LogP contribution in [0.15, 0.2) is 12.4 Å². The van der Waals surface area contributed by atoms with E-state index in [2.05, 4.69) is 10.1 Å². The Labute approximate surface area is 112 Å². The highest BCUT2D eigenvalue weighted by atomic mass is 35.5. The third kappa shape index (κ3) is 1.89. The number of amides is 1. The fourth-order valence-electron chi connectivity index (χ4n) is 1.63. The summed E-state index contributed by atoms with van der Waals surface area (Å²) in [6.07, 6.45) is 2.81. The molecule has 2 rings (SSSR count). The van der Waals surface area contributed by atoms with Crippen LogP contribution in [0.5, 0.6) is 0 Å². The van der Waals surface area contributed by atoms with E-state index in [4.69, 9.17) is 34.7 Å². The minimum Gasteiger partial charge on any atom is -0.383 e. The second-order valence-corrected chi connectivity index (χ2v) is 4.39. The van der Waals surface area contributed by atoms with Crippen LogP contribution in [0.25, 0.3) is 5.69 Å². The van der Waals surface area contributed by atoms with Gasteiger partial charge in [-0.1, -0.05) is 23.2 Å². The number of primary amides is 1. The summed E-state index contributed by atoms with van der Waals surface area (Å²) in [7, 11) is 0. The zero-order valence-electron chi connectivity index (χ0n) is 9.32. The van der Waals surface area contributed by atoms with Crippen molar-refractivity contribution in [2.24, 2.45) is 5.73 Å². The number of nitrogens with zero attached hydrogens (tertiary/aromatic N) is 3. The van der Waals surface area contributed by atoms with E-state index in [9.17, 15) is 4.79 Å². The second kappa shape index (κ2) is 4.47. The third-order valence-corrected chi connectivity index (χ3v) is 2.94. The van der Waals surface area contributed by atoms with Crippen LogP contribution in [0.4, 0.5) is 5.82 Å². The molecule has 2 aromatic heterocycles. The Morgan fingerprint density at radius 1 is 1.33 bits per heavy atom. The number of pyridine rings is 1. The molecular weight excluding hydrogens is 277 g/mol. The largest absolute Gasteiger partial charge is 0.383 e. The SMILES string of the molecule is Cc1nn(-c2c(Cl)cncc2Cl)c(N)c1C(N)=O. The summed E-state index contributed by atoms with van der Waals surface area (Å²) < 4.78 is 1.28. The van der Waals surface area contributed by atoms with Crippen LogP contribution in [0.3, 0.4) is 0 Å². The molecule has 0 aliphatic rings. The van der Waals surface area contributed by atoms with E-state index < -0.39 is 5.91 Å². The minimum absolute atomic E-state index is 0.0926. The van der Waals surface area contributed by atoms with Crippen molar-refractivity contribution < 1.29 is 4.79 Å². The molecule has 18 heavy (non-hydrogen) atoms. The molecule has 2 heterocycles. The number of hydrogen-bond acceptors (Lipinski definition) is 4. The van der Waals surface area contributed by atoms with E-state index in [1.54, 1.807) is 6.92 Å². The number of hydrogen-bond donors (Lipinski definition) is 2. The number of nitrogens with two attached hydrogens (primary N) is 2. The van der Waals surface area contributed by atoms with Crippen LogP contribution in [0.2, 0.25) is 10.0 Å². The van der Waals surface area contributed by atoms with Gasteiger partial charge in [0.05, 0.1) is 15.7 Å². The monoisotopic (exact) mass is 285 g/mol. The smallest absolute Gasteiger partial charge is 0.254 e. The lowest BCUT2D eigenvalue weighted by molar-refractivity contribution is 0.100. The molecule has 94 valence electrons. The second-order valence-electron chi connectivity index (χ2n) is 3.57. The first kappa shape index (κ1) is 12.7. The van der Waals surface area contributed by atoms with Gasteiger partial charge < -0.3 is 11.5 Å². The van der Waals surface area contributed by atoms with Crippen molar-refractivity contribution in [3.8, 4) is 5.69 Å². The highest BCUT2D eigenvalue weighted by molar-refractivity contribution is 6.37. The Bertz CT molecular complexity index is 617. The van der Waals surface area contributed by atoms with Crippen LogP contribution >= 0.6 is 23.2 Å². The number of carbonyl (C=O) groups is 1. The number of aryl methyl sites for hydroxylation is 1. The van der Waals surface area contributed by atoms with Gasteiger partial charge in [0.15, 0.2) is 0 Å². The van der Waals surface area contributed by atoms with E-state index in [1.807, 2.05) is 0 Å². The van der Waals surface area contributed by atoms with Gasteiger partial charge in [-0.05, 0) is 6.92 Å². The lowest BCUT2D eigenvalue weighted by Gasteiger charge is -2.08. The molecule has 1 amide bonds. The molecule has 0 bridgehead atoms. The van der Waals surface area contributed by atoms with Gasteiger partial charge in [0, 0.05) is 12.4 Å². The summed E-state index contributed by atoms with van der Waals surface area (Å²) in [6.45, 7) is 1.62. The molecular formula is C10H9Cl2N5O. The Hall–Kier alpha value is -1.79. The predicted octanol–water partition coefficient (Wildman–Crippen LogP) is 1.56. The number of nitrogen functional groups attached to an aromatic ring is 1. The quantitative estimate of drug-likeness (QED) is 0.874. The standard InChI is InChI=1S/C10H9Cl2N5O/c1-4-7(10(14)18)9(13)17(16-4)8-5(11)2-15-3-6(8)12/h2-3H,13H2,1H3,(H2,14,18). The van der Waals surface area contributed by atoms with Gasteiger partial charge in [-0.15, -0.1) is 0 Å². The van der Waals surface area contributed by atoms with Crippen LogP contribution < -0.4 is 11.5 Å². The lowest BCUT2D eigenvalue weighted by atomic mass is 10.2. The zero-order valence-corrected chi connectivity index (χ0v) is 10.8. The summed E-state index contributed by atoms with van der Waals surface area (Å²) in [5.74, 6) is -0.562. The highest BCUT2D eigenvalue weighted by Crippen LogP contribution is 2.30. The summed E-state index contributed by atoms with van der Waals surface area (Å²) in [4.78, 5) is 15.1. The molecule has 4 N–H and O–H groups in total. The van der Waals surface area contributed by atoms with E-state index in [0.29, 0.717) is 11.4 Å². The fourth-order valence-corrected chi connectivity index (χ4v) is 2.15. The number of rotatable bonds is 2. The molecule has 0 atom stereocenters. The van der Waals surface area contributed by atoms with Crippen molar-refractivity contribution in [2.75, 3.05) is 5.73 Å². The predicted molar refractivity (Wildman–Crippen MR) is 69.0 cm³/mol. The number of anilines is 1. The van der Waals surface area contributed by atoms with E-state index >= 15 is 0 Å². The van der Waals surface area contributed by atoms with Crippen LogP contribution in [0.1, 0.15) is 16.1 Å². The lowest BCUT2D eigenvalue weighted by Crippen LogP contribution is -2.14. The summed E-state index contributed by atoms with van der Waals surface area (Å²) in [5.41, 5.74) is 12.0. The number of halogens is 2. The molecule has 0 saturated carbocycles. The van der Waals surface area contributed by atoms with Crippen molar-refractivity contribution in [2.45, 2.75) is 6.92 Å². The first-order chi connectivity index (χ1) is 8.43. The van der Waals surface area contributed by atoms with Gasteiger partial charge in [-0.25, -0.2) is 4.68 Å². The molecule has 0 aliphatic carbocycles. The maximum atomic E-state index is 11.3. The van der Waals surface area contributed by atoms with E-state index in [1.165, 1.54) is 17.1 Å². The van der Waals surface area contributed by atoms with Gasteiger partial charge in [0.2, 0.25) is 0 Å². The van der Waals surface area contributed by atoms with Crippen LogP contribution in [-0.4, -0.2) is 20.7 Å². The van der Waals surface area contributed by atoms with Gasteiger partial charge in [-0.2, -0.15) is 5.10 Å². The Morgan fingerprint density at radius 2 is 1.89 bits per heavy atom. The van der Waals surface area contributed by atoms with Gasteiger partial charge in [0.25, 0.3) is 5.91 Å². The molecule has 0 saturated heterocycles. The van der Waals surface area contributed by atoms with Crippen LogP contribution in [-0.2, 0) is 0 Å². The first-order valence-electron chi connectivity index (χ1n) is 4.87. The van der Waals surface area contributed by atoms with E-state index in [0.717, 1.165) is 0 Å². The summed E-state index contributed by atoms with van der Waals surface area (Å²) in [5, 5.41) is 4.66. The normalized spacial score (nSPS) is 10.6. The minimum atomic E-state index is -0.655. The topological polar surface area (TPSA) is 99.8 Å². The molecule has 0 radical (unpaired) electrons. The highest BCUT2D eigenvalue weighted by Gasteiger charge is 2.20. The molecule has 6 nitrogen and oxygen atoms in total. The summed E-state index contributed by atoms with van der Waals surface area (Å²) >= 11 is 12.0. The van der Waals surface area contributed by atoms with Crippen molar-refractivity contribution in [3.63, 3.8) is 0 Å². The van der Waals surface area contributed by atoms with Gasteiger partial charge >= 0.3 is 0 Å². The maximum Gasteiger partial charge on any atom is 0.254 e. The van der Waals surface area contributed by atoms with Crippen molar-refractivity contribution in [3.05, 3.63) is 33.7 Å². The molecule has 0 unspecified atom stereocenters. The first-order valence-corrected chi connectivity index (χ1v) is 5.63. The zero-order chi connectivity index (χ0) is 13.4. The Morgan fingerprint density at radius 3 is 2.33 bits per heavy atom. The summed E-state index contributed by atoms with van der Waals surface area (Å²) in [6, 6.07) is 0. The van der Waals surface area contributed by atoms with Crippen LogP contribution in [0, 0.1) is 6.92 Å². The van der Waals surface area contributed by atoms with Gasteiger partial charge in [-0.3, -0.25) is 9.78 Å². The average molecular weight is 286 g/mol. The van der Waals surface area contributed by atoms with Crippen molar-refractivity contribution in [1.29, 1.82) is 0 Å². The molecule has 0 spiro atoms. The molecule has 0 aromatic carbocycles. The van der Waals surface area contributed by atoms with E-state index in [-0.39, 0.29) is 21.4 Å². The van der Waals surface area contributed by atoms with Crippen molar-refractivity contribution in [1.82, 2.24) is 14.8 Å². The Kier molecular flexibility index (Phi) is 3.14. The fraction of sp³-hybridized carbons (Fsp3) is 0.100. The molecule has 0 aliphatic heterocycles.